The number of guanidine groups is 1. The number of aliphatic imine (C=N–C) groups is 1. The molecule has 2 rings (SSSR count). The summed E-state index contributed by atoms with van der Waals surface area (Å²) in [5.74, 6) is 1.58. The summed E-state index contributed by atoms with van der Waals surface area (Å²) in [5, 5.41) is 9.89. The van der Waals surface area contributed by atoms with Gasteiger partial charge in [0, 0.05) is 31.7 Å². The number of rotatable bonds is 9. The molecule has 30 heavy (non-hydrogen) atoms. The average Bonchev–Trinajstić information content (AvgIpc) is 2.73. The van der Waals surface area contributed by atoms with Crippen LogP contribution in [-0.4, -0.2) is 39.2 Å². The third-order valence-corrected chi connectivity index (χ3v) is 4.23. The summed E-state index contributed by atoms with van der Waals surface area (Å²) in [6.07, 6.45) is 0. The van der Waals surface area contributed by atoms with Gasteiger partial charge < -0.3 is 25.4 Å². The Balaban J connectivity index is 0.00000450. The molecule has 1 amide bonds. The number of carbonyl (C=O) groups is 1. The predicted octanol–water partition coefficient (Wildman–Crippen LogP) is 3.35. The van der Waals surface area contributed by atoms with E-state index in [1.54, 1.807) is 20.2 Å². The van der Waals surface area contributed by atoms with Gasteiger partial charge in [-0.1, -0.05) is 29.8 Å². The zero-order chi connectivity index (χ0) is 21.1. The first-order chi connectivity index (χ1) is 14.0. The maximum Gasteiger partial charge on any atom is 0.257 e. The van der Waals surface area contributed by atoms with E-state index in [1.165, 1.54) is 0 Å². The molecule has 0 fully saturated rings. The minimum atomic E-state index is -0.171. The van der Waals surface area contributed by atoms with Gasteiger partial charge in [-0.25, -0.2) is 0 Å². The Kier molecular flexibility index (Phi) is 12.0. The summed E-state index contributed by atoms with van der Waals surface area (Å²) in [7, 11) is 3.28. The molecule has 0 radical (unpaired) electrons. The number of nitrogens with one attached hydrogen (secondary N) is 3. The van der Waals surface area contributed by atoms with E-state index in [0.29, 0.717) is 42.1 Å². The highest BCUT2D eigenvalue weighted by atomic mass is 127. The summed E-state index contributed by atoms with van der Waals surface area (Å²) >= 11 is 6.01. The van der Waals surface area contributed by atoms with E-state index < -0.39 is 0 Å². The molecule has 164 valence electrons. The lowest BCUT2D eigenvalue weighted by atomic mass is 10.2. The van der Waals surface area contributed by atoms with Crippen molar-refractivity contribution in [1.29, 1.82) is 0 Å². The third kappa shape index (κ3) is 8.66. The molecule has 0 saturated carbocycles. The van der Waals surface area contributed by atoms with E-state index in [2.05, 4.69) is 20.9 Å². The Hall–Kier alpha value is -2.20. The van der Waals surface area contributed by atoms with E-state index >= 15 is 0 Å². The van der Waals surface area contributed by atoms with Crippen LogP contribution in [0.5, 0.6) is 11.5 Å². The lowest BCUT2D eigenvalue weighted by molar-refractivity contribution is -0.123. The summed E-state index contributed by atoms with van der Waals surface area (Å²) in [6, 6.07) is 13.2. The molecular formula is C21H28ClIN4O3. The smallest absolute Gasteiger partial charge is 0.257 e. The molecule has 0 bridgehead atoms. The summed E-state index contributed by atoms with van der Waals surface area (Å²) in [6.45, 7) is 3.52. The van der Waals surface area contributed by atoms with Crippen molar-refractivity contribution >= 4 is 47.4 Å². The fraction of sp³-hybridized carbons (Fsp3) is 0.333. The highest BCUT2D eigenvalue weighted by molar-refractivity contribution is 14.0. The van der Waals surface area contributed by atoms with Crippen molar-refractivity contribution in [3.63, 3.8) is 0 Å². The van der Waals surface area contributed by atoms with Gasteiger partial charge in [-0.2, -0.15) is 0 Å². The van der Waals surface area contributed by atoms with Crippen LogP contribution < -0.4 is 25.4 Å². The Labute approximate surface area is 199 Å². The summed E-state index contributed by atoms with van der Waals surface area (Å²) in [5.41, 5.74) is 2.05. The van der Waals surface area contributed by atoms with Crippen LogP contribution >= 0.6 is 35.6 Å². The van der Waals surface area contributed by atoms with Crippen molar-refractivity contribution in [3.05, 3.63) is 58.6 Å². The Morgan fingerprint density at radius 1 is 1.03 bits per heavy atom. The molecule has 2 aromatic rings. The molecule has 9 heteroatoms. The number of hydrogen-bond donors (Lipinski definition) is 3. The lowest BCUT2D eigenvalue weighted by Crippen LogP contribution is -2.36. The minimum absolute atomic E-state index is 0. The van der Waals surface area contributed by atoms with Crippen LogP contribution in [-0.2, 0) is 17.9 Å². The predicted molar refractivity (Wildman–Crippen MR) is 131 cm³/mol. The van der Waals surface area contributed by atoms with E-state index in [1.807, 2.05) is 43.3 Å². The van der Waals surface area contributed by atoms with Crippen LogP contribution in [0.15, 0.2) is 47.5 Å². The Morgan fingerprint density at radius 3 is 2.33 bits per heavy atom. The van der Waals surface area contributed by atoms with Crippen molar-refractivity contribution in [1.82, 2.24) is 16.0 Å². The van der Waals surface area contributed by atoms with Crippen molar-refractivity contribution in [2.45, 2.75) is 20.0 Å². The molecule has 0 aliphatic heterocycles. The molecule has 0 aliphatic rings. The number of hydrogen-bond acceptors (Lipinski definition) is 4. The average molecular weight is 547 g/mol. The molecule has 2 aromatic carbocycles. The molecule has 0 aromatic heterocycles. The van der Waals surface area contributed by atoms with Crippen molar-refractivity contribution in [2.75, 3.05) is 27.3 Å². The molecular weight excluding hydrogens is 519 g/mol. The van der Waals surface area contributed by atoms with Gasteiger partial charge in [0.25, 0.3) is 5.91 Å². The fourth-order valence-electron chi connectivity index (χ4n) is 2.57. The number of nitrogens with zero attached hydrogens (tertiary/aromatic N) is 1. The minimum Gasteiger partial charge on any atom is -0.493 e. The van der Waals surface area contributed by atoms with Crippen molar-refractivity contribution < 1.29 is 14.3 Å². The van der Waals surface area contributed by atoms with Gasteiger partial charge in [-0.05, 0) is 42.3 Å². The fourth-order valence-corrected chi connectivity index (χ4v) is 2.78. The first-order valence-corrected chi connectivity index (χ1v) is 9.68. The molecule has 3 N–H and O–H groups in total. The molecule has 0 heterocycles. The van der Waals surface area contributed by atoms with Gasteiger partial charge in [0.05, 0.1) is 7.11 Å². The van der Waals surface area contributed by atoms with Crippen LogP contribution in [0, 0.1) is 0 Å². The van der Waals surface area contributed by atoms with E-state index in [9.17, 15) is 4.79 Å². The van der Waals surface area contributed by atoms with Gasteiger partial charge in [-0.3, -0.25) is 9.79 Å². The van der Waals surface area contributed by atoms with Crippen molar-refractivity contribution in [2.24, 2.45) is 4.99 Å². The third-order valence-electron chi connectivity index (χ3n) is 3.99. The number of methoxy groups -OCH3 is 1. The van der Waals surface area contributed by atoms with E-state index in [0.717, 1.165) is 11.1 Å². The number of ether oxygens (including phenoxy) is 2. The number of amides is 1. The molecule has 0 saturated heterocycles. The molecule has 0 atom stereocenters. The second kappa shape index (κ2) is 13.9. The number of likely N-dealkylation sites (N-methyl/N-ethyl adjacent to an activating group) is 1. The lowest BCUT2D eigenvalue weighted by Gasteiger charge is -2.14. The molecule has 7 nitrogen and oxygen atoms in total. The van der Waals surface area contributed by atoms with Crippen LogP contribution in [0.2, 0.25) is 5.02 Å². The highest BCUT2D eigenvalue weighted by Crippen LogP contribution is 2.28. The standard InChI is InChI=1S/C21H27ClN4O3.HI/c1-4-24-20(27)14-29-18-9-8-16(11-19(18)28-3)13-26-21(23-2)25-12-15-6-5-7-17(22)10-15;/h5-11H,4,12-14H2,1-3H3,(H,24,27)(H2,23,25,26);1H. The first-order valence-electron chi connectivity index (χ1n) is 9.31. The van der Waals surface area contributed by atoms with Crippen LogP contribution in [0.3, 0.4) is 0 Å². The van der Waals surface area contributed by atoms with Gasteiger partial charge in [0.15, 0.2) is 24.1 Å². The van der Waals surface area contributed by atoms with Gasteiger partial charge in [0.2, 0.25) is 0 Å². The highest BCUT2D eigenvalue weighted by Gasteiger charge is 2.09. The van der Waals surface area contributed by atoms with Gasteiger partial charge >= 0.3 is 0 Å². The number of halogens is 2. The normalized spacial score (nSPS) is 10.6. The van der Waals surface area contributed by atoms with Gasteiger partial charge in [-0.15, -0.1) is 24.0 Å². The summed E-state index contributed by atoms with van der Waals surface area (Å²) < 4.78 is 10.9. The van der Waals surface area contributed by atoms with Crippen LogP contribution in [0.1, 0.15) is 18.1 Å². The van der Waals surface area contributed by atoms with Crippen molar-refractivity contribution in [3.8, 4) is 11.5 Å². The van der Waals surface area contributed by atoms with Crippen LogP contribution in [0.4, 0.5) is 0 Å². The molecule has 0 aliphatic carbocycles. The first kappa shape index (κ1) is 25.8. The number of benzene rings is 2. The second-order valence-electron chi connectivity index (χ2n) is 6.14. The maximum absolute atomic E-state index is 11.6. The zero-order valence-corrected chi connectivity index (χ0v) is 20.4. The monoisotopic (exact) mass is 546 g/mol. The SMILES string of the molecule is CCNC(=O)COc1ccc(CNC(=NC)NCc2cccc(Cl)c2)cc1OC.I. The van der Waals surface area contributed by atoms with Crippen LogP contribution in [0.25, 0.3) is 0 Å². The van der Waals surface area contributed by atoms with Gasteiger partial charge in [0.1, 0.15) is 0 Å². The Morgan fingerprint density at radius 2 is 1.73 bits per heavy atom. The number of carbonyl (C=O) groups excluding carboxylic acids is 1. The quantitative estimate of drug-likeness (QED) is 0.255. The zero-order valence-electron chi connectivity index (χ0n) is 17.3. The largest absolute Gasteiger partial charge is 0.493 e. The second-order valence-corrected chi connectivity index (χ2v) is 6.57. The van der Waals surface area contributed by atoms with E-state index in [-0.39, 0.29) is 36.5 Å². The molecule has 0 spiro atoms. The Bertz CT molecular complexity index is 849. The summed E-state index contributed by atoms with van der Waals surface area (Å²) in [4.78, 5) is 15.8. The topological polar surface area (TPSA) is 84.0 Å². The molecule has 0 unspecified atom stereocenters. The van der Waals surface area contributed by atoms with E-state index in [4.69, 9.17) is 21.1 Å². The maximum atomic E-state index is 11.6.